The van der Waals surface area contributed by atoms with Crippen molar-refractivity contribution in [2.75, 3.05) is 7.11 Å². The molecule has 0 bridgehead atoms. The minimum absolute atomic E-state index is 0.0400. The molecular formula is C16H12Cl2O2. The number of rotatable bonds is 2. The Hall–Kier alpha value is -1.51. The number of carbonyl (C=O) groups excluding carboxylic acids is 1. The van der Waals surface area contributed by atoms with Crippen LogP contribution in [0.3, 0.4) is 0 Å². The molecule has 1 atom stereocenters. The van der Waals surface area contributed by atoms with E-state index in [1.807, 2.05) is 24.3 Å². The second-order valence-corrected chi connectivity index (χ2v) is 5.62. The average molecular weight is 307 g/mol. The molecule has 0 fully saturated rings. The molecule has 0 heterocycles. The van der Waals surface area contributed by atoms with Gasteiger partial charge >= 0.3 is 0 Å². The van der Waals surface area contributed by atoms with Crippen molar-refractivity contribution in [2.24, 2.45) is 0 Å². The second-order valence-electron chi connectivity index (χ2n) is 4.81. The van der Waals surface area contributed by atoms with Crippen molar-refractivity contribution >= 4 is 29.0 Å². The molecule has 20 heavy (non-hydrogen) atoms. The summed E-state index contributed by atoms with van der Waals surface area (Å²) in [5.74, 6) is 0.875. The number of carbonyl (C=O) groups is 1. The van der Waals surface area contributed by atoms with Gasteiger partial charge in [0, 0.05) is 17.9 Å². The van der Waals surface area contributed by atoms with Crippen LogP contribution >= 0.6 is 23.2 Å². The predicted octanol–water partition coefficient (Wildman–Crippen LogP) is 4.72. The van der Waals surface area contributed by atoms with E-state index in [1.165, 1.54) is 0 Å². The van der Waals surface area contributed by atoms with E-state index < -0.39 is 0 Å². The predicted molar refractivity (Wildman–Crippen MR) is 80.2 cm³/mol. The first-order chi connectivity index (χ1) is 9.60. The Bertz CT molecular complexity index is 695. The van der Waals surface area contributed by atoms with Crippen molar-refractivity contribution in [1.82, 2.24) is 0 Å². The third-order valence-electron chi connectivity index (χ3n) is 3.67. The fourth-order valence-electron chi connectivity index (χ4n) is 2.64. The van der Waals surface area contributed by atoms with Crippen LogP contribution in [-0.2, 0) is 0 Å². The molecule has 0 radical (unpaired) electrons. The fourth-order valence-corrected chi connectivity index (χ4v) is 2.95. The zero-order valence-corrected chi connectivity index (χ0v) is 12.3. The molecule has 1 aliphatic rings. The summed E-state index contributed by atoms with van der Waals surface area (Å²) in [7, 11) is 1.59. The zero-order valence-electron chi connectivity index (χ0n) is 10.8. The summed E-state index contributed by atoms with van der Waals surface area (Å²) in [6.45, 7) is 0. The van der Waals surface area contributed by atoms with E-state index in [4.69, 9.17) is 27.9 Å². The minimum atomic E-state index is 0.0400. The molecule has 0 N–H and O–H groups in total. The smallest absolute Gasteiger partial charge is 0.164 e. The molecule has 3 rings (SSSR count). The van der Waals surface area contributed by atoms with Crippen LogP contribution in [0.5, 0.6) is 5.75 Å². The minimum Gasteiger partial charge on any atom is -0.497 e. The summed E-state index contributed by atoms with van der Waals surface area (Å²) in [5.41, 5.74) is 2.77. The Kier molecular flexibility index (Phi) is 3.45. The van der Waals surface area contributed by atoms with Gasteiger partial charge in [0.15, 0.2) is 5.78 Å². The molecule has 1 aliphatic carbocycles. The largest absolute Gasteiger partial charge is 0.497 e. The lowest BCUT2D eigenvalue weighted by Crippen LogP contribution is -1.96. The number of methoxy groups -OCH3 is 1. The quantitative estimate of drug-likeness (QED) is 0.802. The van der Waals surface area contributed by atoms with Gasteiger partial charge in [-0.2, -0.15) is 0 Å². The van der Waals surface area contributed by atoms with Crippen molar-refractivity contribution in [3.05, 3.63) is 63.1 Å². The fraction of sp³-hybridized carbons (Fsp3) is 0.188. The van der Waals surface area contributed by atoms with Crippen molar-refractivity contribution in [1.29, 1.82) is 0 Å². The summed E-state index contributed by atoms with van der Waals surface area (Å²) < 4.78 is 5.17. The number of ether oxygens (including phenoxy) is 1. The van der Waals surface area contributed by atoms with Crippen LogP contribution in [0.25, 0.3) is 0 Å². The van der Waals surface area contributed by atoms with Crippen LogP contribution in [0.4, 0.5) is 0 Å². The Balaban J connectivity index is 2.06. The maximum Gasteiger partial charge on any atom is 0.164 e. The summed E-state index contributed by atoms with van der Waals surface area (Å²) >= 11 is 12.0. The Morgan fingerprint density at radius 3 is 2.60 bits per heavy atom. The van der Waals surface area contributed by atoms with E-state index >= 15 is 0 Å². The number of hydrogen-bond donors (Lipinski definition) is 0. The van der Waals surface area contributed by atoms with E-state index in [0.717, 1.165) is 16.7 Å². The molecular weight excluding hydrogens is 295 g/mol. The molecule has 0 saturated heterocycles. The Morgan fingerprint density at radius 2 is 1.90 bits per heavy atom. The normalized spacial score (nSPS) is 17.1. The summed E-state index contributed by atoms with van der Waals surface area (Å²) in [4.78, 5) is 12.2. The first-order valence-electron chi connectivity index (χ1n) is 6.26. The number of Topliss-reactive ketones (excluding diaryl/α,β-unsaturated/α-hetero) is 1. The van der Waals surface area contributed by atoms with Gasteiger partial charge in [-0.1, -0.05) is 35.3 Å². The van der Waals surface area contributed by atoms with Crippen LogP contribution in [0, 0.1) is 0 Å². The number of hydrogen-bond acceptors (Lipinski definition) is 2. The molecule has 102 valence electrons. The molecule has 2 nitrogen and oxygen atoms in total. The number of benzene rings is 2. The third kappa shape index (κ3) is 2.19. The van der Waals surface area contributed by atoms with Crippen molar-refractivity contribution < 1.29 is 9.53 Å². The maximum atomic E-state index is 12.2. The SMILES string of the molecule is COc1ccc2c(c1)C(=O)C[C@H]2c1ccc(Cl)c(Cl)c1. The molecule has 0 aliphatic heterocycles. The molecule has 0 saturated carbocycles. The number of halogens is 2. The van der Waals surface area contributed by atoms with Gasteiger partial charge in [0.25, 0.3) is 0 Å². The van der Waals surface area contributed by atoms with Crippen molar-refractivity contribution in [3.8, 4) is 5.75 Å². The molecule has 2 aromatic rings. The van der Waals surface area contributed by atoms with Crippen LogP contribution in [0.2, 0.25) is 10.0 Å². The highest BCUT2D eigenvalue weighted by Gasteiger charge is 2.31. The molecule has 0 amide bonds. The zero-order chi connectivity index (χ0) is 14.3. The van der Waals surface area contributed by atoms with Gasteiger partial charge in [0.1, 0.15) is 5.75 Å². The molecule has 0 unspecified atom stereocenters. The lowest BCUT2D eigenvalue weighted by atomic mass is 9.93. The van der Waals surface area contributed by atoms with Gasteiger partial charge in [-0.3, -0.25) is 4.79 Å². The van der Waals surface area contributed by atoms with Crippen molar-refractivity contribution in [3.63, 3.8) is 0 Å². The standard InChI is InChI=1S/C16H12Cl2O2/c1-20-10-3-4-11-12(8-16(19)13(11)7-10)9-2-5-14(17)15(18)6-9/h2-7,12H,8H2,1H3/t12-/m0/s1. The van der Waals surface area contributed by atoms with Crippen LogP contribution in [0.1, 0.15) is 33.8 Å². The van der Waals surface area contributed by atoms with E-state index in [9.17, 15) is 4.79 Å². The van der Waals surface area contributed by atoms with E-state index in [2.05, 4.69) is 0 Å². The topological polar surface area (TPSA) is 26.3 Å². The highest BCUT2D eigenvalue weighted by molar-refractivity contribution is 6.42. The van der Waals surface area contributed by atoms with Crippen LogP contribution in [0.15, 0.2) is 36.4 Å². The van der Waals surface area contributed by atoms with E-state index in [-0.39, 0.29) is 11.7 Å². The Morgan fingerprint density at radius 1 is 1.10 bits per heavy atom. The lowest BCUT2D eigenvalue weighted by molar-refractivity contribution is 0.0991. The van der Waals surface area contributed by atoms with Gasteiger partial charge < -0.3 is 4.74 Å². The molecule has 2 aromatic carbocycles. The van der Waals surface area contributed by atoms with Crippen LogP contribution < -0.4 is 4.74 Å². The first kappa shape index (κ1) is 13.5. The van der Waals surface area contributed by atoms with Crippen LogP contribution in [-0.4, -0.2) is 12.9 Å². The second kappa shape index (κ2) is 5.12. The summed E-state index contributed by atoms with van der Waals surface area (Å²) in [5, 5.41) is 1.04. The van der Waals surface area contributed by atoms with Crippen molar-refractivity contribution in [2.45, 2.75) is 12.3 Å². The molecule has 0 aromatic heterocycles. The monoisotopic (exact) mass is 306 g/mol. The number of ketones is 1. The summed E-state index contributed by atoms with van der Waals surface area (Å²) in [6.07, 6.45) is 0.459. The molecule has 4 heteroatoms. The number of fused-ring (bicyclic) bond motifs is 1. The molecule has 0 spiro atoms. The summed E-state index contributed by atoms with van der Waals surface area (Å²) in [6, 6.07) is 11.2. The van der Waals surface area contributed by atoms with Gasteiger partial charge in [0.05, 0.1) is 17.2 Å². The van der Waals surface area contributed by atoms with E-state index in [1.54, 1.807) is 19.2 Å². The highest BCUT2D eigenvalue weighted by Crippen LogP contribution is 2.40. The average Bonchev–Trinajstić information content (AvgIpc) is 2.79. The maximum absolute atomic E-state index is 12.2. The Labute approximate surface area is 127 Å². The first-order valence-corrected chi connectivity index (χ1v) is 7.02. The van der Waals surface area contributed by atoms with Gasteiger partial charge in [-0.15, -0.1) is 0 Å². The lowest BCUT2D eigenvalue weighted by Gasteiger charge is -2.12. The van der Waals surface area contributed by atoms with Gasteiger partial charge in [0.2, 0.25) is 0 Å². The van der Waals surface area contributed by atoms with E-state index in [0.29, 0.717) is 22.2 Å². The van der Waals surface area contributed by atoms with Gasteiger partial charge in [-0.05, 0) is 35.4 Å². The van der Waals surface area contributed by atoms with Gasteiger partial charge in [-0.25, -0.2) is 0 Å². The highest BCUT2D eigenvalue weighted by atomic mass is 35.5. The third-order valence-corrected chi connectivity index (χ3v) is 4.41.